The van der Waals surface area contributed by atoms with Gasteiger partial charge < -0.3 is 4.90 Å². The van der Waals surface area contributed by atoms with Gasteiger partial charge in [0.25, 0.3) is 0 Å². The zero-order chi connectivity index (χ0) is 13.3. The van der Waals surface area contributed by atoms with Gasteiger partial charge in [-0.3, -0.25) is 0 Å². The number of benzene rings is 1. The van der Waals surface area contributed by atoms with Crippen LogP contribution in [0, 0.1) is 11.3 Å². The van der Waals surface area contributed by atoms with Gasteiger partial charge in [0.05, 0.1) is 11.6 Å². The van der Waals surface area contributed by atoms with Crippen LogP contribution in [0.15, 0.2) is 18.2 Å². The molecular weight excluding hydrogens is 220 g/mol. The minimum absolute atomic E-state index is 0.205. The number of nitriles is 1. The molecule has 0 amide bonds. The van der Waals surface area contributed by atoms with E-state index in [9.17, 15) is 0 Å². The van der Waals surface area contributed by atoms with Crippen LogP contribution in [0.25, 0.3) is 0 Å². The maximum absolute atomic E-state index is 9.03. The van der Waals surface area contributed by atoms with Gasteiger partial charge in [0, 0.05) is 17.8 Å². The molecule has 2 nitrogen and oxygen atoms in total. The van der Waals surface area contributed by atoms with Crippen molar-refractivity contribution < 1.29 is 0 Å². The van der Waals surface area contributed by atoms with Crippen LogP contribution in [0.5, 0.6) is 0 Å². The van der Waals surface area contributed by atoms with Gasteiger partial charge in [0.1, 0.15) is 0 Å². The highest BCUT2D eigenvalue weighted by Gasteiger charge is 2.35. The Hall–Kier alpha value is -1.49. The fourth-order valence-electron chi connectivity index (χ4n) is 3.21. The minimum atomic E-state index is 0.205. The smallest absolute Gasteiger partial charge is 0.0991 e. The summed E-state index contributed by atoms with van der Waals surface area (Å²) in [5, 5.41) is 9.03. The third kappa shape index (κ3) is 2.10. The van der Waals surface area contributed by atoms with Crippen LogP contribution in [0.2, 0.25) is 0 Å². The molecule has 0 fully saturated rings. The standard InChI is InChI=1S/C16H22N2/c1-5-8-18-15-7-6-13(11-17)9-14(15)12(2)10-16(18,3)4/h6-7,9,12H,5,8,10H2,1-4H3/t12-/m0/s1. The van der Waals surface area contributed by atoms with E-state index in [4.69, 9.17) is 5.26 Å². The molecule has 0 aliphatic carbocycles. The SMILES string of the molecule is CCCN1c2ccc(C#N)cc2[C@@H](C)CC1(C)C. The Balaban J connectivity index is 2.51. The molecule has 0 bridgehead atoms. The highest BCUT2D eigenvalue weighted by atomic mass is 15.2. The number of fused-ring (bicyclic) bond motifs is 1. The second-order valence-corrected chi connectivity index (χ2v) is 5.95. The van der Waals surface area contributed by atoms with Crippen molar-refractivity contribution in [3.8, 4) is 6.07 Å². The number of hydrogen-bond donors (Lipinski definition) is 0. The Kier molecular flexibility index (Phi) is 3.34. The van der Waals surface area contributed by atoms with E-state index < -0.39 is 0 Å². The zero-order valence-corrected chi connectivity index (χ0v) is 11.8. The van der Waals surface area contributed by atoms with Crippen LogP contribution in [-0.2, 0) is 0 Å². The summed E-state index contributed by atoms with van der Waals surface area (Å²) in [4.78, 5) is 2.50. The molecule has 2 heteroatoms. The van der Waals surface area contributed by atoms with Gasteiger partial charge in [0.15, 0.2) is 0 Å². The topological polar surface area (TPSA) is 27.0 Å². The highest BCUT2D eigenvalue weighted by molar-refractivity contribution is 5.61. The summed E-state index contributed by atoms with van der Waals surface area (Å²) in [6, 6.07) is 8.38. The summed E-state index contributed by atoms with van der Waals surface area (Å²) in [5.74, 6) is 0.524. The van der Waals surface area contributed by atoms with E-state index in [0.717, 1.165) is 24.9 Å². The van der Waals surface area contributed by atoms with Gasteiger partial charge in [0.2, 0.25) is 0 Å². The maximum atomic E-state index is 9.03. The lowest BCUT2D eigenvalue weighted by Gasteiger charge is -2.47. The van der Waals surface area contributed by atoms with Crippen molar-refractivity contribution in [1.29, 1.82) is 5.26 Å². The van der Waals surface area contributed by atoms with Gasteiger partial charge in [-0.15, -0.1) is 0 Å². The number of nitrogens with zero attached hydrogens (tertiary/aromatic N) is 2. The predicted octanol–water partition coefficient (Wildman–Crippen LogP) is 4.06. The van der Waals surface area contributed by atoms with E-state index in [1.807, 2.05) is 6.07 Å². The van der Waals surface area contributed by atoms with Crippen molar-refractivity contribution in [1.82, 2.24) is 0 Å². The maximum Gasteiger partial charge on any atom is 0.0991 e. The van der Waals surface area contributed by atoms with Crippen LogP contribution in [0.3, 0.4) is 0 Å². The molecule has 96 valence electrons. The molecule has 18 heavy (non-hydrogen) atoms. The van der Waals surface area contributed by atoms with Crippen molar-refractivity contribution in [3.63, 3.8) is 0 Å². The normalized spacial score (nSPS) is 21.3. The van der Waals surface area contributed by atoms with Gasteiger partial charge >= 0.3 is 0 Å². The Morgan fingerprint density at radius 1 is 1.44 bits per heavy atom. The van der Waals surface area contributed by atoms with E-state index in [2.05, 4.69) is 50.8 Å². The molecule has 0 aromatic heterocycles. The third-order valence-corrected chi connectivity index (χ3v) is 3.96. The first kappa shape index (κ1) is 13.0. The Morgan fingerprint density at radius 2 is 2.17 bits per heavy atom. The van der Waals surface area contributed by atoms with Crippen LogP contribution in [-0.4, -0.2) is 12.1 Å². The fourth-order valence-corrected chi connectivity index (χ4v) is 3.21. The Morgan fingerprint density at radius 3 is 2.78 bits per heavy atom. The van der Waals surface area contributed by atoms with Crippen molar-refractivity contribution in [2.45, 2.75) is 52.0 Å². The monoisotopic (exact) mass is 242 g/mol. The first-order valence-corrected chi connectivity index (χ1v) is 6.81. The van der Waals surface area contributed by atoms with E-state index in [1.54, 1.807) is 0 Å². The average molecular weight is 242 g/mol. The molecule has 0 unspecified atom stereocenters. The first-order valence-electron chi connectivity index (χ1n) is 6.81. The number of rotatable bonds is 2. The molecule has 0 saturated carbocycles. The van der Waals surface area contributed by atoms with E-state index in [-0.39, 0.29) is 5.54 Å². The van der Waals surface area contributed by atoms with E-state index in [1.165, 1.54) is 11.3 Å². The van der Waals surface area contributed by atoms with Crippen LogP contribution >= 0.6 is 0 Å². The van der Waals surface area contributed by atoms with Gasteiger partial charge in [-0.1, -0.05) is 13.8 Å². The molecule has 1 heterocycles. The van der Waals surface area contributed by atoms with E-state index in [0.29, 0.717) is 5.92 Å². The summed E-state index contributed by atoms with van der Waals surface area (Å²) >= 11 is 0. The van der Waals surface area contributed by atoms with Crippen molar-refractivity contribution in [3.05, 3.63) is 29.3 Å². The number of hydrogen-bond acceptors (Lipinski definition) is 2. The summed E-state index contributed by atoms with van der Waals surface area (Å²) in [7, 11) is 0. The average Bonchev–Trinajstić information content (AvgIpc) is 2.33. The molecule has 1 aromatic rings. The molecule has 0 N–H and O–H groups in total. The lowest BCUT2D eigenvalue weighted by molar-refractivity contribution is 0.376. The molecule has 1 atom stereocenters. The molecule has 0 radical (unpaired) electrons. The third-order valence-electron chi connectivity index (χ3n) is 3.96. The minimum Gasteiger partial charge on any atom is -0.366 e. The number of anilines is 1. The van der Waals surface area contributed by atoms with Crippen LogP contribution < -0.4 is 4.90 Å². The zero-order valence-electron chi connectivity index (χ0n) is 11.8. The van der Waals surface area contributed by atoms with E-state index >= 15 is 0 Å². The van der Waals surface area contributed by atoms with Gasteiger partial charge in [-0.25, -0.2) is 0 Å². The Bertz CT molecular complexity index is 482. The molecule has 1 aromatic carbocycles. The molecule has 1 aliphatic heterocycles. The molecular formula is C16H22N2. The second kappa shape index (κ2) is 4.65. The van der Waals surface area contributed by atoms with Gasteiger partial charge in [-0.05, 0) is 56.4 Å². The largest absolute Gasteiger partial charge is 0.366 e. The first-order chi connectivity index (χ1) is 8.49. The van der Waals surface area contributed by atoms with Crippen molar-refractivity contribution in [2.75, 3.05) is 11.4 Å². The lowest BCUT2D eigenvalue weighted by atomic mass is 9.79. The van der Waals surface area contributed by atoms with Crippen molar-refractivity contribution >= 4 is 5.69 Å². The second-order valence-electron chi connectivity index (χ2n) is 5.95. The molecule has 0 saturated heterocycles. The summed E-state index contributed by atoms with van der Waals surface area (Å²) < 4.78 is 0. The predicted molar refractivity (Wildman–Crippen MR) is 75.9 cm³/mol. The fraction of sp³-hybridized carbons (Fsp3) is 0.562. The lowest BCUT2D eigenvalue weighted by Crippen LogP contribution is -2.48. The summed E-state index contributed by atoms with van der Waals surface area (Å²) in [5.41, 5.74) is 3.63. The van der Waals surface area contributed by atoms with Crippen molar-refractivity contribution in [2.24, 2.45) is 0 Å². The quantitative estimate of drug-likeness (QED) is 0.782. The molecule has 0 spiro atoms. The van der Waals surface area contributed by atoms with Crippen LogP contribution in [0.4, 0.5) is 5.69 Å². The summed E-state index contributed by atoms with van der Waals surface area (Å²) in [6.07, 6.45) is 2.30. The molecule has 1 aliphatic rings. The highest BCUT2D eigenvalue weighted by Crippen LogP contribution is 2.43. The molecule has 2 rings (SSSR count). The summed E-state index contributed by atoms with van der Waals surface area (Å²) in [6.45, 7) is 10.2. The Labute approximate surface area is 110 Å². The van der Waals surface area contributed by atoms with Gasteiger partial charge in [-0.2, -0.15) is 5.26 Å². The van der Waals surface area contributed by atoms with Crippen LogP contribution in [0.1, 0.15) is 57.6 Å².